The largest absolute Gasteiger partial charge is 0.435 e. The Hall–Kier alpha value is -3.88. The zero-order valence-corrected chi connectivity index (χ0v) is 15.4. The van der Waals surface area contributed by atoms with E-state index in [1.165, 1.54) is 36.4 Å². The number of nitrogens with zero attached hydrogens (tertiary/aromatic N) is 3. The molecule has 0 saturated heterocycles. The smallest absolute Gasteiger partial charge is 0.302 e. The van der Waals surface area contributed by atoms with E-state index < -0.39 is 17.5 Å². The minimum absolute atomic E-state index is 0.0635. The molecule has 1 aromatic carbocycles. The SMILES string of the molecule is Cc1nc(-c2ccc(F)cc2)c(C(=O)Nc2nc(-c3ccc(F)cn3)c(C)o2)o1. The molecule has 0 spiro atoms. The predicted octanol–water partition coefficient (Wildman–Crippen LogP) is 4.54. The van der Waals surface area contributed by atoms with Gasteiger partial charge in [-0.25, -0.2) is 13.8 Å². The molecule has 0 unspecified atom stereocenters. The highest BCUT2D eigenvalue weighted by Crippen LogP contribution is 2.27. The Morgan fingerprint density at radius 2 is 1.66 bits per heavy atom. The summed E-state index contributed by atoms with van der Waals surface area (Å²) in [5, 5.41) is 2.51. The van der Waals surface area contributed by atoms with Crippen LogP contribution in [0.1, 0.15) is 22.2 Å². The van der Waals surface area contributed by atoms with Crippen molar-refractivity contribution in [2.45, 2.75) is 13.8 Å². The molecule has 0 fully saturated rings. The number of pyridine rings is 1. The summed E-state index contributed by atoms with van der Waals surface area (Å²) in [6.45, 7) is 3.24. The summed E-state index contributed by atoms with van der Waals surface area (Å²) >= 11 is 0. The number of halogens is 2. The summed E-state index contributed by atoms with van der Waals surface area (Å²) in [5.41, 5.74) is 1.56. The average molecular weight is 396 g/mol. The standard InChI is InChI=1S/C20H14F2N4O3/c1-10-16(15-8-7-14(22)9-23-15)25-20(28-10)26-19(27)18-17(24-11(2)29-18)12-3-5-13(21)6-4-12/h3-9H,1-2H3,(H,25,26,27). The fourth-order valence-electron chi connectivity index (χ4n) is 2.74. The van der Waals surface area contributed by atoms with Crippen molar-refractivity contribution in [3.63, 3.8) is 0 Å². The van der Waals surface area contributed by atoms with Crippen LogP contribution in [0.5, 0.6) is 0 Å². The molecule has 3 aromatic heterocycles. The number of hydrogen-bond acceptors (Lipinski definition) is 6. The maximum atomic E-state index is 13.2. The second-order valence-corrected chi connectivity index (χ2v) is 6.16. The highest BCUT2D eigenvalue weighted by atomic mass is 19.1. The van der Waals surface area contributed by atoms with Crippen molar-refractivity contribution in [1.82, 2.24) is 15.0 Å². The molecule has 1 N–H and O–H groups in total. The Morgan fingerprint density at radius 3 is 2.34 bits per heavy atom. The number of carbonyl (C=O) groups is 1. The number of benzene rings is 1. The molecule has 0 aliphatic carbocycles. The van der Waals surface area contributed by atoms with Crippen LogP contribution in [0.2, 0.25) is 0 Å². The summed E-state index contributed by atoms with van der Waals surface area (Å²) in [5.74, 6) is -0.910. The first-order chi connectivity index (χ1) is 13.9. The number of carbonyl (C=O) groups excluding carboxylic acids is 1. The number of amides is 1. The van der Waals surface area contributed by atoms with E-state index >= 15 is 0 Å². The molecule has 3 heterocycles. The van der Waals surface area contributed by atoms with E-state index in [1.54, 1.807) is 13.8 Å². The molecule has 0 radical (unpaired) electrons. The molecular weight excluding hydrogens is 382 g/mol. The fourth-order valence-corrected chi connectivity index (χ4v) is 2.74. The molecular formula is C20H14F2N4O3. The lowest BCUT2D eigenvalue weighted by atomic mass is 10.1. The average Bonchev–Trinajstić information content (AvgIpc) is 3.25. The number of rotatable bonds is 4. The normalized spacial score (nSPS) is 10.9. The molecule has 7 nitrogen and oxygen atoms in total. The van der Waals surface area contributed by atoms with Gasteiger partial charge in [-0.15, -0.1) is 0 Å². The topological polar surface area (TPSA) is 94.1 Å². The molecule has 0 atom stereocenters. The van der Waals surface area contributed by atoms with E-state index in [1.807, 2.05) is 0 Å². The number of nitrogens with one attached hydrogen (secondary N) is 1. The molecule has 0 aliphatic rings. The second kappa shape index (κ2) is 7.27. The molecule has 4 rings (SSSR count). The third-order valence-electron chi connectivity index (χ3n) is 4.05. The van der Waals surface area contributed by atoms with E-state index in [2.05, 4.69) is 20.3 Å². The predicted molar refractivity (Wildman–Crippen MR) is 99.0 cm³/mol. The Bertz CT molecular complexity index is 1180. The van der Waals surface area contributed by atoms with Crippen LogP contribution in [0, 0.1) is 25.5 Å². The molecule has 29 heavy (non-hydrogen) atoms. The van der Waals surface area contributed by atoms with Gasteiger partial charge >= 0.3 is 6.01 Å². The van der Waals surface area contributed by atoms with Crippen LogP contribution in [0.15, 0.2) is 51.4 Å². The zero-order valence-electron chi connectivity index (χ0n) is 15.4. The zero-order chi connectivity index (χ0) is 20.5. The van der Waals surface area contributed by atoms with Crippen molar-refractivity contribution in [2.75, 3.05) is 5.32 Å². The van der Waals surface area contributed by atoms with Crippen LogP contribution < -0.4 is 5.32 Å². The number of oxazole rings is 2. The highest BCUT2D eigenvalue weighted by molar-refractivity contribution is 6.05. The molecule has 0 aliphatic heterocycles. The van der Waals surface area contributed by atoms with Gasteiger partial charge in [-0.1, -0.05) is 0 Å². The Morgan fingerprint density at radius 1 is 0.931 bits per heavy atom. The van der Waals surface area contributed by atoms with Gasteiger partial charge in [-0.3, -0.25) is 15.1 Å². The first kappa shape index (κ1) is 18.5. The van der Waals surface area contributed by atoms with Gasteiger partial charge in [0.15, 0.2) is 5.89 Å². The minimum Gasteiger partial charge on any atom is -0.435 e. The lowest BCUT2D eigenvalue weighted by molar-refractivity contribution is 0.0993. The van der Waals surface area contributed by atoms with Crippen LogP contribution in [-0.2, 0) is 0 Å². The van der Waals surface area contributed by atoms with E-state index in [4.69, 9.17) is 8.83 Å². The number of aryl methyl sites for hydroxylation is 2. The molecule has 146 valence electrons. The Labute approximate surface area is 163 Å². The van der Waals surface area contributed by atoms with Gasteiger partial charge in [0.2, 0.25) is 5.76 Å². The van der Waals surface area contributed by atoms with Gasteiger partial charge in [-0.2, -0.15) is 4.98 Å². The number of aromatic nitrogens is 3. The molecule has 1 amide bonds. The summed E-state index contributed by atoms with van der Waals surface area (Å²) in [6.07, 6.45) is 1.06. The number of anilines is 1. The van der Waals surface area contributed by atoms with E-state index in [0.29, 0.717) is 22.7 Å². The lowest BCUT2D eigenvalue weighted by Gasteiger charge is -2.01. The number of hydrogen-bond donors (Lipinski definition) is 1. The van der Waals surface area contributed by atoms with Crippen molar-refractivity contribution < 1.29 is 22.4 Å². The lowest BCUT2D eigenvalue weighted by Crippen LogP contribution is -2.12. The summed E-state index contributed by atoms with van der Waals surface area (Å²) in [6, 6.07) is 8.15. The van der Waals surface area contributed by atoms with E-state index in [0.717, 1.165) is 6.20 Å². The highest BCUT2D eigenvalue weighted by Gasteiger charge is 2.23. The first-order valence-electron chi connectivity index (χ1n) is 8.55. The molecule has 4 aromatic rings. The van der Waals surface area contributed by atoms with Crippen molar-refractivity contribution >= 4 is 11.9 Å². The maximum Gasteiger partial charge on any atom is 0.302 e. The molecule has 0 bridgehead atoms. The maximum absolute atomic E-state index is 13.2. The van der Waals surface area contributed by atoms with Crippen molar-refractivity contribution in [3.8, 4) is 22.6 Å². The van der Waals surface area contributed by atoms with Gasteiger partial charge in [0.05, 0.1) is 11.9 Å². The summed E-state index contributed by atoms with van der Waals surface area (Å²) in [7, 11) is 0. The minimum atomic E-state index is -0.634. The van der Waals surface area contributed by atoms with Crippen LogP contribution >= 0.6 is 0 Å². The van der Waals surface area contributed by atoms with Gasteiger partial charge in [0, 0.05) is 12.5 Å². The Kier molecular flexibility index (Phi) is 4.63. The second-order valence-electron chi connectivity index (χ2n) is 6.16. The molecule has 9 heteroatoms. The monoisotopic (exact) mass is 396 g/mol. The van der Waals surface area contributed by atoms with Crippen LogP contribution in [-0.4, -0.2) is 20.9 Å². The van der Waals surface area contributed by atoms with Gasteiger partial charge in [0.1, 0.15) is 28.8 Å². The quantitative estimate of drug-likeness (QED) is 0.544. The van der Waals surface area contributed by atoms with Gasteiger partial charge < -0.3 is 8.83 Å². The fraction of sp³-hybridized carbons (Fsp3) is 0.100. The van der Waals surface area contributed by atoms with Crippen LogP contribution in [0.25, 0.3) is 22.6 Å². The molecule has 0 saturated carbocycles. The van der Waals surface area contributed by atoms with E-state index in [9.17, 15) is 13.6 Å². The third-order valence-corrected chi connectivity index (χ3v) is 4.05. The van der Waals surface area contributed by atoms with Gasteiger partial charge in [-0.05, 0) is 43.3 Å². The van der Waals surface area contributed by atoms with Crippen LogP contribution in [0.4, 0.5) is 14.8 Å². The van der Waals surface area contributed by atoms with Crippen molar-refractivity contribution in [3.05, 3.63) is 71.6 Å². The van der Waals surface area contributed by atoms with Crippen molar-refractivity contribution in [1.29, 1.82) is 0 Å². The summed E-state index contributed by atoms with van der Waals surface area (Å²) < 4.78 is 37.2. The van der Waals surface area contributed by atoms with Gasteiger partial charge in [0.25, 0.3) is 5.91 Å². The third kappa shape index (κ3) is 3.75. The summed E-state index contributed by atoms with van der Waals surface area (Å²) in [4.78, 5) is 25.1. The first-order valence-corrected chi connectivity index (χ1v) is 8.55. The van der Waals surface area contributed by atoms with E-state index in [-0.39, 0.29) is 23.4 Å². The van der Waals surface area contributed by atoms with Crippen molar-refractivity contribution in [2.24, 2.45) is 0 Å². The van der Waals surface area contributed by atoms with Crippen LogP contribution in [0.3, 0.4) is 0 Å². The Balaban J connectivity index is 1.62.